The fourth-order valence-corrected chi connectivity index (χ4v) is 8.49. The summed E-state index contributed by atoms with van der Waals surface area (Å²) in [5, 5.41) is -0.0918. The molecule has 0 fully saturated rings. The molecule has 0 amide bonds. The standard InChI is InChI=1S/C32H38N2O5S2Si/c1-23-8-14-28(15-9-23)40(35,36)33-19-25-12-13-26-20-34(41(37,38)29-16-10-24(2)11-17-29)22-30(26)31(18-27(25)21-33)39-42(6,7)32(3,4)5/h8-17,19-22,31H,18H2,1-7H3/b13-12-. The minimum Gasteiger partial charge on any atom is -0.410 e. The summed E-state index contributed by atoms with van der Waals surface area (Å²) in [5.41, 5.74) is 4.99. The van der Waals surface area contributed by atoms with Gasteiger partial charge in [-0.05, 0) is 72.9 Å². The maximum atomic E-state index is 13.6. The van der Waals surface area contributed by atoms with E-state index < -0.39 is 34.5 Å². The lowest BCUT2D eigenvalue weighted by Crippen LogP contribution is -2.42. The molecule has 2 aromatic heterocycles. The van der Waals surface area contributed by atoms with Crippen molar-refractivity contribution in [3.8, 4) is 0 Å². The Morgan fingerprint density at radius 2 is 1.17 bits per heavy atom. The smallest absolute Gasteiger partial charge is 0.267 e. The van der Waals surface area contributed by atoms with Gasteiger partial charge in [0.2, 0.25) is 0 Å². The summed E-state index contributed by atoms with van der Waals surface area (Å²) in [6, 6.07) is 13.6. The molecule has 0 saturated carbocycles. The van der Waals surface area contributed by atoms with Crippen LogP contribution in [0.1, 0.15) is 60.3 Å². The fraction of sp³-hybridized carbons (Fsp3) is 0.312. The summed E-state index contributed by atoms with van der Waals surface area (Å²) >= 11 is 0. The van der Waals surface area contributed by atoms with Crippen LogP contribution in [0.25, 0.3) is 12.2 Å². The van der Waals surface area contributed by atoms with E-state index in [1.165, 1.54) is 7.94 Å². The first kappa shape index (κ1) is 30.3. The highest BCUT2D eigenvalue weighted by atomic mass is 32.2. The number of aromatic nitrogens is 2. The second-order valence-electron chi connectivity index (χ2n) is 12.6. The van der Waals surface area contributed by atoms with E-state index in [2.05, 4.69) is 33.9 Å². The molecule has 222 valence electrons. The van der Waals surface area contributed by atoms with E-state index >= 15 is 0 Å². The number of hydrogen-bond acceptors (Lipinski definition) is 5. The summed E-state index contributed by atoms with van der Waals surface area (Å²) in [6.07, 6.45) is 10.2. The number of fused-ring (bicyclic) bond motifs is 2. The molecule has 4 aromatic rings. The Balaban J connectivity index is 1.61. The van der Waals surface area contributed by atoms with E-state index in [0.29, 0.717) is 12.0 Å². The summed E-state index contributed by atoms with van der Waals surface area (Å²) in [4.78, 5) is 0.425. The van der Waals surface area contributed by atoms with Crippen LogP contribution in [0.15, 0.2) is 83.1 Å². The molecule has 5 rings (SSSR count). The van der Waals surface area contributed by atoms with Gasteiger partial charge in [0.25, 0.3) is 20.0 Å². The quantitative estimate of drug-likeness (QED) is 0.213. The molecule has 0 spiro atoms. The molecule has 0 radical (unpaired) electrons. The molecular weight excluding hydrogens is 585 g/mol. The van der Waals surface area contributed by atoms with Gasteiger partial charge in [-0.2, -0.15) is 0 Å². The van der Waals surface area contributed by atoms with Crippen molar-refractivity contribution in [2.24, 2.45) is 0 Å². The first-order chi connectivity index (χ1) is 19.5. The lowest BCUT2D eigenvalue weighted by Gasteiger charge is -2.39. The summed E-state index contributed by atoms with van der Waals surface area (Å²) in [5.74, 6) is 0. The largest absolute Gasteiger partial charge is 0.410 e. The molecule has 1 unspecified atom stereocenters. The Kier molecular flexibility index (Phi) is 7.58. The third-order valence-electron chi connectivity index (χ3n) is 8.42. The van der Waals surface area contributed by atoms with Crippen LogP contribution in [0.4, 0.5) is 0 Å². The van der Waals surface area contributed by atoms with Crippen molar-refractivity contribution >= 4 is 40.5 Å². The molecule has 2 aromatic carbocycles. The Labute approximate surface area is 250 Å². The highest BCUT2D eigenvalue weighted by molar-refractivity contribution is 7.90. The molecule has 42 heavy (non-hydrogen) atoms. The normalized spacial score (nSPS) is 16.8. The highest BCUT2D eigenvalue weighted by Crippen LogP contribution is 2.42. The van der Waals surface area contributed by atoms with E-state index in [1.54, 1.807) is 73.3 Å². The predicted molar refractivity (Wildman–Crippen MR) is 170 cm³/mol. The highest BCUT2D eigenvalue weighted by Gasteiger charge is 2.40. The van der Waals surface area contributed by atoms with E-state index in [-0.39, 0.29) is 14.8 Å². The molecule has 0 N–H and O–H groups in total. The van der Waals surface area contributed by atoms with E-state index in [9.17, 15) is 16.8 Å². The van der Waals surface area contributed by atoms with Gasteiger partial charge in [-0.15, -0.1) is 0 Å². The minimum absolute atomic E-state index is 0.0918. The van der Waals surface area contributed by atoms with Gasteiger partial charge in [0, 0.05) is 36.8 Å². The Hall–Kier alpha value is -3.18. The zero-order valence-electron chi connectivity index (χ0n) is 25.1. The van der Waals surface area contributed by atoms with Gasteiger partial charge in [0.1, 0.15) is 0 Å². The average Bonchev–Trinajstić information content (AvgIpc) is 3.51. The molecule has 0 saturated heterocycles. The maximum Gasteiger partial charge on any atom is 0.267 e. The van der Waals surface area contributed by atoms with Crippen LogP contribution in [0, 0.1) is 13.8 Å². The second-order valence-corrected chi connectivity index (χ2v) is 21.1. The second kappa shape index (κ2) is 10.5. The summed E-state index contributed by atoms with van der Waals surface area (Å²) < 4.78 is 63.7. The molecular formula is C32H38N2O5S2Si. The third kappa shape index (κ3) is 5.60. The molecule has 7 nitrogen and oxygen atoms in total. The first-order valence-electron chi connectivity index (χ1n) is 13.9. The Morgan fingerprint density at radius 1 is 0.714 bits per heavy atom. The number of hydrogen-bond donors (Lipinski definition) is 0. The van der Waals surface area contributed by atoms with Crippen molar-refractivity contribution in [1.29, 1.82) is 0 Å². The van der Waals surface area contributed by atoms with Crippen LogP contribution >= 0.6 is 0 Å². The summed E-state index contributed by atoms with van der Waals surface area (Å²) in [6.45, 7) is 14.6. The molecule has 0 aliphatic heterocycles. The molecule has 2 heterocycles. The van der Waals surface area contributed by atoms with Gasteiger partial charge in [0.05, 0.1) is 15.9 Å². The van der Waals surface area contributed by atoms with Crippen LogP contribution in [0.2, 0.25) is 18.1 Å². The molecule has 1 atom stereocenters. The van der Waals surface area contributed by atoms with Gasteiger partial charge < -0.3 is 4.43 Å². The molecule has 1 aliphatic carbocycles. The van der Waals surface area contributed by atoms with Crippen molar-refractivity contribution in [3.63, 3.8) is 0 Å². The third-order valence-corrected chi connectivity index (χ3v) is 16.2. The minimum atomic E-state index is -3.83. The van der Waals surface area contributed by atoms with E-state index in [1.807, 2.05) is 26.0 Å². The lowest BCUT2D eigenvalue weighted by molar-refractivity contribution is 0.183. The van der Waals surface area contributed by atoms with Gasteiger partial charge >= 0.3 is 0 Å². The number of aryl methyl sites for hydroxylation is 2. The van der Waals surface area contributed by atoms with Crippen molar-refractivity contribution in [1.82, 2.24) is 7.94 Å². The summed E-state index contributed by atoms with van der Waals surface area (Å²) in [7, 11) is -9.95. The zero-order chi connectivity index (χ0) is 30.7. The molecule has 10 heteroatoms. The van der Waals surface area contributed by atoms with Crippen LogP contribution in [-0.4, -0.2) is 33.1 Å². The van der Waals surface area contributed by atoms with E-state index in [0.717, 1.165) is 27.8 Å². The Bertz CT molecular complexity index is 1870. The number of rotatable bonds is 6. The molecule has 0 bridgehead atoms. The number of nitrogens with zero attached hydrogens (tertiary/aromatic N) is 2. The van der Waals surface area contributed by atoms with Gasteiger partial charge in [-0.25, -0.2) is 24.8 Å². The lowest BCUT2D eigenvalue weighted by atomic mass is 9.96. The fourth-order valence-electron chi connectivity index (χ4n) is 4.74. The maximum absolute atomic E-state index is 13.6. The van der Waals surface area contributed by atoms with Gasteiger partial charge in [-0.3, -0.25) is 0 Å². The van der Waals surface area contributed by atoms with Crippen LogP contribution in [-0.2, 0) is 30.9 Å². The van der Waals surface area contributed by atoms with E-state index in [4.69, 9.17) is 4.43 Å². The first-order valence-corrected chi connectivity index (χ1v) is 19.7. The van der Waals surface area contributed by atoms with Crippen molar-refractivity contribution in [2.75, 3.05) is 0 Å². The SMILES string of the molecule is Cc1ccc(S(=O)(=O)n2cc3c(c2)CC(O[Si](C)(C)C(C)(C)C)c2cn(S(=O)(=O)c4ccc(C)cc4)cc2/C=C\3)cc1. The topological polar surface area (TPSA) is 87.4 Å². The van der Waals surface area contributed by atoms with Crippen LogP contribution < -0.4 is 0 Å². The van der Waals surface area contributed by atoms with Gasteiger partial charge in [-0.1, -0.05) is 68.3 Å². The molecule has 1 aliphatic rings. The zero-order valence-corrected chi connectivity index (χ0v) is 27.8. The monoisotopic (exact) mass is 622 g/mol. The van der Waals surface area contributed by atoms with Gasteiger partial charge in [0.15, 0.2) is 8.32 Å². The predicted octanol–water partition coefficient (Wildman–Crippen LogP) is 7.17. The van der Waals surface area contributed by atoms with Crippen molar-refractivity contribution in [3.05, 3.63) is 107 Å². The van der Waals surface area contributed by atoms with Crippen molar-refractivity contribution < 1.29 is 21.3 Å². The Morgan fingerprint density at radius 3 is 1.67 bits per heavy atom. The van der Waals surface area contributed by atoms with Crippen LogP contribution in [0.3, 0.4) is 0 Å². The van der Waals surface area contributed by atoms with Crippen molar-refractivity contribution in [2.45, 2.75) is 75.1 Å². The van der Waals surface area contributed by atoms with Crippen LogP contribution in [0.5, 0.6) is 0 Å². The average molecular weight is 623 g/mol. The number of benzene rings is 2.